The topological polar surface area (TPSA) is 42.0 Å². The number of halogens is 1. The minimum Gasteiger partial charge on any atom is -0.410 e. The summed E-state index contributed by atoms with van der Waals surface area (Å²) in [5, 5.41) is 0.623. The number of benzene rings is 1. The zero-order valence-corrected chi connectivity index (χ0v) is 19.3. The van der Waals surface area contributed by atoms with Gasteiger partial charge in [-0.15, -0.1) is 6.58 Å². The predicted molar refractivity (Wildman–Crippen MR) is 123 cm³/mol. The number of amides is 1. The molecule has 0 heterocycles. The highest BCUT2D eigenvalue weighted by atomic mass is 35.5. The molecule has 6 heteroatoms. The van der Waals surface area contributed by atoms with E-state index in [-0.39, 0.29) is 12.1 Å². The molecule has 1 aliphatic carbocycles. The average molecular weight is 437 g/mol. The second-order valence-electron chi connectivity index (χ2n) is 8.20. The summed E-state index contributed by atoms with van der Waals surface area (Å²) in [5.41, 5.74) is 0. The average Bonchev–Trinajstić information content (AvgIpc) is 2.74. The third kappa shape index (κ3) is 9.07. The van der Waals surface area contributed by atoms with Crippen LogP contribution in [0.2, 0.25) is 5.02 Å². The predicted octanol–water partition coefficient (Wildman–Crippen LogP) is 5.78. The Morgan fingerprint density at radius 1 is 1.10 bits per heavy atom. The Balaban J connectivity index is 1.55. The molecule has 0 aromatic heterocycles. The zero-order chi connectivity index (χ0) is 21.8. The van der Waals surface area contributed by atoms with Gasteiger partial charge in [-0.25, -0.2) is 4.79 Å². The van der Waals surface area contributed by atoms with Gasteiger partial charge in [-0.3, -0.25) is 0 Å². The van der Waals surface area contributed by atoms with Gasteiger partial charge in [-0.2, -0.15) is 0 Å². The van der Waals surface area contributed by atoms with Crippen LogP contribution in [0.1, 0.15) is 51.4 Å². The molecule has 168 valence electrons. The van der Waals surface area contributed by atoms with E-state index in [9.17, 15) is 4.79 Å². The van der Waals surface area contributed by atoms with Crippen molar-refractivity contribution in [3.05, 3.63) is 41.9 Å². The highest BCUT2D eigenvalue weighted by Crippen LogP contribution is 2.26. The highest BCUT2D eigenvalue weighted by Gasteiger charge is 2.27. The smallest absolute Gasteiger partial charge is 0.410 e. The van der Waals surface area contributed by atoms with Crippen molar-refractivity contribution in [3.8, 4) is 5.75 Å². The van der Waals surface area contributed by atoms with E-state index in [1.54, 1.807) is 29.2 Å². The van der Waals surface area contributed by atoms with Crippen LogP contribution in [0, 0.1) is 0 Å². The van der Waals surface area contributed by atoms with Gasteiger partial charge in [-0.1, -0.05) is 30.5 Å². The quantitative estimate of drug-likeness (QED) is 0.308. The van der Waals surface area contributed by atoms with Crippen LogP contribution in [0.3, 0.4) is 0 Å². The molecule has 0 radical (unpaired) electrons. The summed E-state index contributed by atoms with van der Waals surface area (Å²) in [5.74, 6) is 0.514. The van der Waals surface area contributed by atoms with Gasteiger partial charge < -0.3 is 19.3 Å². The molecule has 0 saturated heterocycles. The van der Waals surface area contributed by atoms with E-state index in [4.69, 9.17) is 21.1 Å². The molecule has 1 fully saturated rings. The molecule has 0 N–H and O–H groups in total. The van der Waals surface area contributed by atoms with Gasteiger partial charge in [0.15, 0.2) is 0 Å². The summed E-state index contributed by atoms with van der Waals surface area (Å²) in [7, 11) is 3.95. The molecule has 1 saturated carbocycles. The first-order valence-corrected chi connectivity index (χ1v) is 11.5. The molecule has 2 rings (SSSR count). The monoisotopic (exact) mass is 436 g/mol. The van der Waals surface area contributed by atoms with Crippen LogP contribution in [0.4, 0.5) is 4.79 Å². The van der Waals surface area contributed by atoms with Crippen LogP contribution in [0.25, 0.3) is 0 Å². The summed E-state index contributed by atoms with van der Waals surface area (Å²) in [6.07, 6.45) is 10.7. The second kappa shape index (κ2) is 13.7. The van der Waals surface area contributed by atoms with E-state index in [0.29, 0.717) is 16.9 Å². The summed E-state index contributed by atoms with van der Waals surface area (Å²) in [6, 6.07) is 7.05. The van der Waals surface area contributed by atoms with Gasteiger partial charge >= 0.3 is 6.09 Å². The maximum atomic E-state index is 12.4. The lowest BCUT2D eigenvalue weighted by atomic mass is 9.92. The molecule has 0 aliphatic heterocycles. The van der Waals surface area contributed by atoms with E-state index in [0.717, 1.165) is 51.8 Å². The van der Waals surface area contributed by atoms with Gasteiger partial charge in [0.2, 0.25) is 0 Å². The third-order valence-corrected chi connectivity index (χ3v) is 5.98. The van der Waals surface area contributed by atoms with Gasteiger partial charge in [0.05, 0.1) is 6.10 Å². The molecule has 30 heavy (non-hydrogen) atoms. The number of carbonyl (C=O) groups excluding carboxylic acids is 1. The van der Waals surface area contributed by atoms with E-state index in [1.807, 2.05) is 13.1 Å². The van der Waals surface area contributed by atoms with Crippen molar-refractivity contribution < 1.29 is 14.3 Å². The van der Waals surface area contributed by atoms with Gasteiger partial charge in [0.1, 0.15) is 5.75 Å². The summed E-state index contributed by atoms with van der Waals surface area (Å²) < 4.78 is 11.5. The molecule has 0 unspecified atom stereocenters. The zero-order valence-electron chi connectivity index (χ0n) is 18.5. The van der Waals surface area contributed by atoms with Crippen LogP contribution in [0.5, 0.6) is 5.75 Å². The minimum absolute atomic E-state index is 0.206. The molecule has 1 aromatic carbocycles. The molecule has 0 bridgehead atoms. The van der Waals surface area contributed by atoms with Crippen molar-refractivity contribution in [1.29, 1.82) is 0 Å². The van der Waals surface area contributed by atoms with Gasteiger partial charge in [0, 0.05) is 31.3 Å². The fourth-order valence-corrected chi connectivity index (χ4v) is 3.95. The van der Waals surface area contributed by atoms with Crippen LogP contribution in [-0.4, -0.2) is 61.8 Å². The number of unbranched alkanes of at least 4 members (excludes halogenated alkanes) is 3. The first-order chi connectivity index (χ1) is 14.5. The molecule has 1 amide bonds. The number of ether oxygens (including phenoxy) is 2. The fraction of sp³-hybridized carbons (Fsp3) is 0.625. The summed E-state index contributed by atoms with van der Waals surface area (Å²) in [6.45, 7) is 6.70. The van der Waals surface area contributed by atoms with Gasteiger partial charge in [0.25, 0.3) is 0 Å². The molecular formula is C24H37ClN2O3. The number of rotatable bonds is 12. The molecule has 0 spiro atoms. The van der Waals surface area contributed by atoms with Crippen LogP contribution < -0.4 is 4.74 Å². The van der Waals surface area contributed by atoms with Crippen molar-refractivity contribution in [2.75, 3.05) is 33.8 Å². The van der Waals surface area contributed by atoms with Crippen molar-refractivity contribution in [1.82, 2.24) is 9.80 Å². The maximum Gasteiger partial charge on any atom is 0.415 e. The van der Waals surface area contributed by atoms with E-state index < -0.39 is 0 Å². The lowest BCUT2D eigenvalue weighted by Gasteiger charge is -2.34. The van der Waals surface area contributed by atoms with Crippen LogP contribution in [-0.2, 0) is 4.74 Å². The van der Waals surface area contributed by atoms with E-state index in [2.05, 4.69) is 18.5 Å². The van der Waals surface area contributed by atoms with Crippen LogP contribution >= 0.6 is 11.6 Å². The highest BCUT2D eigenvalue weighted by molar-refractivity contribution is 6.30. The van der Waals surface area contributed by atoms with Gasteiger partial charge in [-0.05, 0) is 76.4 Å². The molecule has 5 nitrogen and oxygen atoms in total. The molecule has 1 aliphatic rings. The SMILES string of the molecule is C=CCN(C)CCCCCCOC1CCC(N(C)C(=O)Oc2ccc(Cl)cc2)CC1. The van der Waals surface area contributed by atoms with Crippen LogP contribution in [0.15, 0.2) is 36.9 Å². The summed E-state index contributed by atoms with van der Waals surface area (Å²) in [4.78, 5) is 16.4. The second-order valence-corrected chi connectivity index (χ2v) is 8.64. The van der Waals surface area contributed by atoms with Crippen molar-refractivity contribution in [2.45, 2.75) is 63.5 Å². The normalized spacial score (nSPS) is 18.9. The number of carbonyl (C=O) groups is 1. The van der Waals surface area contributed by atoms with Crippen molar-refractivity contribution >= 4 is 17.7 Å². The number of hydrogen-bond donors (Lipinski definition) is 0. The maximum absolute atomic E-state index is 12.4. The number of nitrogens with zero attached hydrogens (tertiary/aromatic N) is 2. The Morgan fingerprint density at radius 3 is 2.43 bits per heavy atom. The molecule has 0 atom stereocenters. The first kappa shape index (κ1) is 24.7. The summed E-state index contributed by atoms with van der Waals surface area (Å²) >= 11 is 5.87. The fourth-order valence-electron chi connectivity index (χ4n) is 3.82. The number of hydrogen-bond acceptors (Lipinski definition) is 4. The Labute approximate surface area is 187 Å². The standard InChI is InChI=1S/C24H37ClN2O3/c1-4-17-26(2)18-7-5-6-8-19-29-22-15-11-21(12-16-22)27(3)24(28)30-23-13-9-20(25)10-14-23/h4,9-10,13-14,21-22H,1,5-8,11-12,15-19H2,2-3H3. The van der Waals surface area contributed by atoms with E-state index >= 15 is 0 Å². The Hall–Kier alpha value is -1.56. The molecule has 1 aromatic rings. The largest absolute Gasteiger partial charge is 0.415 e. The Kier molecular flexibility index (Phi) is 11.3. The van der Waals surface area contributed by atoms with E-state index in [1.165, 1.54) is 19.3 Å². The Morgan fingerprint density at radius 2 is 1.77 bits per heavy atom. The van der Waals surface area contributed by atoms with Crippen molar-refractivity contribution in [3.63, 3.8) is 0 Å². The minimum atomic E-state index is -0.319. The third-order valence-electron chi connectivity index (χ3n) is 5.73. The molecular weight excluding hydrogens is 400 g/mol. The lowest BCUT2D eigenvalue weighted by molar-refractivity contribution is 0.0104. The lowest BCUT2D eigenvalue weighted by Crippen LogP contribution is -2.42. The first-order valence-electron chi connectivity index (χ1n) is 11.1. The van der Waals surface area contributed by atoms with Crippen molar-refractivity contribution in [2.24, 2.45) is 0 Å². The Bertz CT molecular complexity index is 630. The number of likely N-dealkylation sites (N-methyl/N-ethyl adjacent to an activating group) is 1.